The smallest absolute Gasteiger partial charge is 0.306 e. The molecule has 2 unspecified atom stereocenters. The number of amides is 1. The number of carbonyl (C=O) groups is 2. The van der Waals surface area contributed by atoms with E-state index in [4.69, 9.17) is 14.0 Å². The first-order chi connectivity index (χ1) is 10.1. The van der Waals surface area contributed by atoms with E-state index >= 15 is 0 Å². The van der Waals surface area contributed by atoms with Gasteiger partial charge in [-0.05, 0) is 31.4 Å². The minimum Gasteiger partial charge on any atom is -0.481 e. The average molecular weight is 290 g/mol. The number of furan rings is 1. The van der Waals surface area contributed by atoms with Crippen LogP contribution in [-0.4, -0.2) is 28.2 Å². The number of nitrogens with one attached hydrogen (secondary N) is 1. The highest BCUT2D eigenvalue weighted by molar-refractivity contribution is 5.93. The third kappa shape index (κ3) is 2.81. The van der Waals surface area contributed by atoms with E-state index in [9.17, 15) is 9.59 Å². The number of hydrogen-bond acceptors (Lipinski definition) is 5. The van der Waals surface area contributed by atoms with Gasteiger partial charge < -0.3 is 19.4 Å². The Morgan fingerprint density at radius 3 is 2.86 bits per heavy atom. The summed E-state index contributed by atoms with van der Waals surface area (Å²) in [7, 11) is 0. The number of carbonyl (C=O) groups excluding carboxylic acids is 1. The summed E-state index contributed by atoms with van der Waals surface area (Å²) >= 11 is 0. The molecular formula is C14H14N2O5. The first-order valence-corrected chi connectivity index (χ1v) is 6.68. The highest BCUT2D eigenvalue weighted by Crippen LogP contribution is 2.26. The fourth-order valence-corrected chi connectivity index (χ4v) is 2.51. The largest absolute Gasteiger partial charge is 0.481 e. The van der Waals surface area contributed by atoms with Crippen LogP contribution in [0.4, 0.5) is 0 Å². The molecule has 2 heterocycles. The predicted molar refractivity (Wildman–Crippen MR) is 70.4 cm³/mol. The lowest BCUT2D eigenvalue weighted by Gasteiger charge is -2.10. The van der Waals surface area contributed by atoms with Gasteiger partial charge in [0.05, 0.1) is 12.2 Å². The summed E-state index contributed by atoms with van der Waals surface area (Å²) in [6.45, 7) is 0. The number of rotatable bonds is 4. The van der Waals surface area contributed by atoms with E-state index in [0.717, 1.165) is 0 Å². The Kier molecular flexibility index (Phi) is 3.47. The summed E-state index contributed by atoms with van der Waals surface area (Å²) < 4.78 is 10.2. The molecule has 1 saturated carbocycles. The van der Waals surface area contributed by atoms with Crippen LogP contribution in [0.25, 0.3) is 11.5 Å². The summed E-state index contributed by atoms with van der Waals surface area (Å²) in [6, 6.07) is 4.78. The van der Waals surface area contributed by atoms with Crippen LogP contribution in [0, 0.1) is 5.92 Å². The molecule has 3 rings (SSSR count). The van der Waals surface area contributed by atoms with E-state index in [0.29, 0.717) is 30.8 Å². The molecule has 1 aliphatic rings. The van der Waals surface area contributed by atoms with Crippen LogP contribution in [0.15, 0.2) is 33.4 Å². The lowest BCUT2D eigenvalue weighted by molar-refractivity contribution is -0.141. The maximum absolute atomic E-state index is 12.0. The van der Waals surface area contributed by atoms with Crippen LogP contribution in [0.3, 0.4) is 0 Å². The van der Waals surface area contributed by atoms with Crippen molar-refractivity contribution in [2.24, 2.45) is 5.92 Å². The highest BCUT2D eigenvalue weighted by atomic mass is 16.5. The van der Waals surface area contributed by atoms with Crippen LogP contribution >= 0.6 is 0 Å². The molecule has 1 fully saturated rings. The Morgan fingerprint density at radius 1 is 1.33 bits per heavy atom. The topological polar surface area (TPSA) is 106 Å². The van der Waals surface area contributed by atoms with Gasteiger partial charge in [0, 0.05) is 12.1 Å². The SMILES string of the molecule is O=C(NC1CCC(C(=O)O)C1)c1cc(-c2ccco2)on1. The molecule has 0 aromatic carbocycles. The molecule has 7 heteroatoms. The molecule has 2 N–H and O–H groups in total. The molecule has 21 heavy (non-hydrogen) atoms. The summed E-state index contributed by atoms with van der Waals surface area (Å²) in [6.07, 6.45) is 3.19. The standard InChI is InChI=1S/C14H14N2O5/c17-13(15-9-4-3-8(6-9)14(18)19)10-7-12(21-16-10)11-2-1-5-20-11/h1-2,5,7-9H,3-4,6H2,(H,15,17)(H,18,19). The molecule has 110 valence electrons. The zero-order valence-corrected chi connectivity index (χ0v) is 11.1. The van der Waals surface area contributed by atoms with Crippen LogP contribution in [0.1, 0.15) is 29.8 Å². The van der Waals surface area contributed by atoms with E-state index in [1.807, 2.05) is 0 Å². The number of aromatic nitrogens is 1. The quantitative estimate of drug-likeness (QED) is 0.891. The molecule has 2 atom stereocenters. The second-order valence-electron chi connectivity index (χ2n) is 5.07. The van der Waals surface area contributed by atoms with Crippen molar-refractivity contribution in [1.82, 2.24) is 10.5 Å². The Hall–Kier alpha value is -2.57. The molecule has 1 amide bonds. The molecule has 0 spiro atoms. The van der Waals surface area contributed by atoms with Crippen molar-refractivity contribution in [3.8, 4) is 11.5 Å². The molecule has 0 bridgehead atoms. The van der Waals surface area contributed by atoms with Crippen molar-refractivity contribution in [3.05, 3.63) is 30.2 Å². The maximum Gasteiger partial charge on any atom is 0.306 e. The molecule has 1 aliphatic carbocycles. The molecule has 7 nitrogen and oxygen atoms in total. The fourth-order valence-electron chi connectivity index (χ4n) is 2.51. The number of aliphatic carboxylic acids is 1. The van der Waals surface area contributed by atoms with E-state index in [1.165, 1.54) is 12.3 Å². The zero-order valence-electron chi connectivity index (χ0n) is 11.1. The Morgan fingerprint density at radius 2 is 2.19 bits per heavy atom. The van der Waals surface area contributed by atoms with Gasteiger partial charge in [-0.1, -0.05) is 5.16 Å². The Bertz CT molecular complexity index is 646. The fraction of sp³-hybridized carbons (Fsp3) is 0.357. The number of carboxylic acids is 1. The van der Waals surface area contributed by atoms with Crippen molar-refractivity contribution in [1.29, 1.82) is 0 Å². The Labute approximate surface area is 119 Å². The first kappa shape index (κ1) is 13.4. The van der Waals surface area contributed by atoms with Gasteiger partial charge in [0.2, 0.25) is 5.76 Å². The predicted octanol–water partition coefficient (Wildman–Crippen LogP) is 1.92. The van der Waals surface area contributed by atoms with E-state index < -0.39 is 5.97 Å². The highest BCUT2D eigenvalue weighted by Gasteiger charge is 2.31. The number of nitrogens with zero attached hydrogens (tertiary/aromatic N) is 1. The molecule has 2 aromatic heterocycles. The zero-order chi connectivity index (χ0) is 14.8. The second kappa shape index (κ2) is 5.43. The van der Waals surface area contributed by atoms with Crippen LogP contribution < -0.4 is 5.32 Å². The van der Waals surface area contributed by atoms with Crippen LogP contribution in [0.2, 0.25) is 0 Å². The minimum absolute atomic E-state index is 0.137. The number of carboxylic acid groups (broad SMARTS) is 1. The van der Waals surface area contributed by atoms with Gasteiger partial charge in [0.15, 0.2) is 11.5 Å². The van der Waals surface area contributed by atoms with Crippen LogP contribution in [0.5, 0.6) is 0 Å². The maximum atomic E-state index is 12.0. The molecular weight excluding hydrogens is 276 g/mol. The van der Waals surface area contributed by atoms with Crippen molar-refractivity contribution in [2.75, 3.05) is 0 Å². The third-order valence-corrected chi connectivity index (χ3v) is 3.62. The third-order valence-electron chi connectivity index (χ3n) is 3.62. The van der Waals surface area contributed by atoms with Gasteiger partial charge in [0.25, 0.3) is 5.91 Å². The monoisotopic (exact) mass is 290 g/mol. The van der Waals surface area contributed by atoms with Gasteiger partial charge >= 0.3 is 5.97 Å². The van der Waals surface area contributed by atoms with Crippen molar-refractivity contribution >= 4 is 11.9 Å². The van der Waals surface area contributed by atoms with Gasteiger partial charge in [-0.2, -0.15) is 0 Å². The lowest BCUT2D eigenvalue weighted by atomic mass is 10.1. The molecule has 0 saturated heterocycles. The van der Waals surface area contributed by atoms with Gasteiger partial charge in [-0.3, -0.25) is 9.59 Å². The van der Waals surface area contributed by atoms with E-state index in [2.05, 4.69) is 10.5 Å². The van der Waals surface area contributed by atoms with Gasteiger partial charge in [-0.25, -0.2) is 0 Å². The Balaban J connectivity index is 1.63. The number of hydrogen-bond donors (Lipinski definition) is 2. The van der Waals surface area contributed by atoms with Crippen LogP contribution in [-0.2, 0) is 4.79 Å². The molecule has 0 radical (unpaired) electrons. The van der Waals surface area contributed by atoms with Crippen molar-refractivity contribution in [2.45, 2.75) is 25.3 Å². The summed E-state index contributed by atoms with van der Waals surface area (Å²) in [5.41, 5.74) is 0.153. The van der Waals surface area contributed by atoms with Crippen molar-refractivity contribution < 1.29 is 23.6 Å². The second-order valence-corrected chi connectivity index (χ2v) is 5.07. The lowest BCUT2D eigenvalue weighted by Crippen LogP contribution is -2.33. The first-order valence-electron chi connectivity index (χ1n) is 6.68. The normalized spacial score (nSPS) is 21.3. The van der Waals surface area contributed by atoms with Crippen molar-refractivity contribution in [3.63, 3.8) is 0 Å². The summed E-state index contributed by atoms with van der Waals surface area (Å²) in [4.78, 5) is 22.9. The average Bonchev–Trinajstić information content (AvgIpc) is 3.19. The minimum atomic E-state index is -0.812. The van der Waals surface area contributed by atoms with Gasteiger partial charge in [0.1, 0.15) is 0 Å². The van der Waals surface area contributed by atoms with Gasteiger partial charge in [-0.15, -0.1) is 0 Å². The molecule has 0 aliphatic heterocycles. The van der Waals surface area contributed by atoms with E-state index in [1.54, 1.807) is 12.1 Å². The summed E-state index contributed by atoms with van der Waals surface area (Å²) in [5, 5.41) is 15.4. The summed E-state index contributed by atoms with van der Waals surface area (Å²) in [5.74, 6) is -0.694. The van der Waals surface area contributed by atoms with E-state index in [-0.39, 0.29) is 23.6 Å². The molecule has 2 aromatic rings.